The number of ether oxygens (including phenoxy) is 1. The monoisotopic (exact) mass is 609 g/mol. The Balaban J connectivity index is 1.61. The number of benzene rings is 3. The number of nitrogens with zero attached hydrogens (tertiary/aromatic N) is 2. The molecule has 0 aromatic heterocycles. The van der Waals surface area contributed by atoms with Gasteiger partial charge in [-0.2, -0.15) is 5.26 Å². The molecule has 0 aliphatic rings. The lowest BCUT2D eigenvalue weighted by Gasteiger charge is -2.17. The Kier molecular flexibility index (Phi) is 11.2. The first-order valence-corrected chi connectivity index (χ1v) is 13.0. The van der Waals surface area contributed by atoms with E-state index < -0.39 is 42.7 Å². The van der Waals surface area contributed by atoms with Gasteiger partial charge in [0.1, 0.15) is 0 Å². The number of esters is 1. The number of halogens is 2. The minimum absolute atomic E-state index is 0.0900. The number of methoxy groups -OCH3 is 1. The van der Waals surface area contributed by atoms with Gasteiger partial charge < -0.3 is 26.4 Å². The van der Waals surface area contributed by atoms with Crippen molar-refractivity contribution in [2.45, 2.75) is 0 Å². The number of aliphatic imine (C=N–C) groups is 1. The third-order valence-electron chi connectivity index (χ3n) is 5.65. The van der Waals surface area contributed by atoms with Crippen molar-refractivity contribution in [1.29, 1.82) is 5.26 Å². The molecule has 3 aromatic rings. The summed E-state index contributed by atoms with van der Waals surface area (Å²) in [7, 11) is 1.10. The lowest BCUT2D eigenvalue weighted by Crippen LogP contribution is -2.43. The van der Waals surface area contributed by atoms with E-state index in [4.69, 9.17) is 38.9 Å². The van der Waals surface area contributed by atoms with Gasteiger partial charge in [-0.15, -0.1) is 0 Å². The number of nitriles is 1. The number of anilines is 1. The molecule has 0 saturated carbocycles. The summed E-state index contributed by atoms with van der Waals surface area (Å²) in [6.45, 7) is -0.890. The highest BCUT2D eigenvalue weighted by atomic mass is 35.5. The van der Waals surface area contributed by atoms with E-state index in [-0.39, 0.29) is 27.3 Å². The lowest BCUT2D eigenvalue weighted by molar-refractivity contribution is -0.148. The van der Waals surface area contributed by atoms with Crippen molar-refractivity contribution in [2.75, 3.05) is 25.5 Å². The number of hydrogen-bond acceptors (Lipinski definition) is 7. The second-order valence-electron chi connectivity index (χ2n) is 8.52. The van der Waals surface area contributed by atoms with Crippen LogP contribution in [-0.2, 0) is 19.1 Å². The molecule has 12 nitrogen and oxygen atoms in total. The van der Waals surface area contributed by atoms with E-state index in [0.717, 1.165) is 18.2 Å². The molecule has 14 heteroatoms. The van der Waals surface area contributed by atoms with E-state index >= 15 is 0 Å². The molecule has 3 rings (SSSR count). The molecule has 6 N–H and O–H groups in total. The highest BCUT2D eigenvalue weighted by molar-refractivity contribution is 6.40. The molecule has 0 radical (unpaired) electrons. The zero-order valence-corrected chi connectivity index (χ0v) is 23.6. The summed E-state index contributed by atoms with van der Waals surface area (Å²) in [5.74, 6) is -4.60. The van der Waals surface area contributed by atoms with Crippen molar-refractivity contribution >= 4 is 64.2 Å². The number of nitrogens with one attached hydrogen (secondary N) is 4. The van der Waals surface area contributed by atoms with Crippen LogP contribution in [0, 0.1) is 17.4 Å². The quantitative estimate of drug-likeness (QED) is 0.0579. The molecule has 0 bridgehead atoms. The summed E-state index contributed by atoms with van der Waals surface area (Å²) in [6, 6.07) is 18.6. The third kappa shape index (κ3) is 8.69. The highest BCUT2D eigenvalue weighted by Gasteiger charge is 2.29. The molecule has 0 unspecified atom stereocenters. The molecule has 0 saturated heterocycles. The average Bonchev–Trinajstić information content (AvgIpc) is 2.98. The van der Waals surface area contributed by atoms with Crippen LogP contribution >= 0.6 is 23.2 Å². The van der Waals surface area contributed by atoms with Crippen LogP contribution in [0.25, 0.3) is 11.1 Å². The summed E-state index contributed by atoms with van der Waals surface area (Å²) < 4.78 is 4.72. The lowest BCUT2D eigenvalue weighted by atomic mass is 10.0. The topological polar surface area (TPSA) is 188 Å². The molecule has 3 amide bonds. The van der Waals surface area contributed by atoms with Crippen LogP contribution in [0.15, 0.2) is 71.7 Å². The summed E-state index contributed by atoms with van der Waals surface area (Å²) >= 11 is 12.8. The van der Waals surface area contributed by atoms with Crippen molar-refractivity contribution < 1.29 is 23.9 Å². The van der Waals surface area contributed by atoms with E-state index in [1.165, 1.54) is 12.1 Å². The summed E-state index contributed by atoms with van der Waals surface area (Å²) in [5.41, 5.74) is 7.67. The minimum Gasteiger partial charge on any atom is -0.468 e. The zero-order chi connectivity index (χ0) is 30.6. The first kappa shape index (κ1) is 31.4. The molecular weight excluding hydrogens is 585 g/mol. The fourth-order valence-electron chi connectivity index (χ4n) is 3.61. The van der Waals surface area contributed by atoms with Gasteiger partial charge in [-0.05, 0) is 41.5 Å². The molecule has 0 spiro atoms. The van der Waals surface area contributed by atoms with Crippen LogP contribution in [0.5, 0.6) is 0 Å². The number of amides is 3. The largest absolute Gasteiger partial charge is 0.468 e. The van der Waals surface area contributed by atoms with E-state index in [2.05, 4.69) is 26.3 Å². The van der Waals surface area contributed by atoms with Gasteiger partial charge in [0.25, 0.3) is 5.91 Å². The number of guanidine groups is 1. The zero-order valence-electron chi connectivity index (χ0n) is 22.1. The van der Waals surface area contributed by atoms with E-state index in [1.54, 1.807) is 30.5 Å². The van der Waals surface area contributed by atoms with Crippen molar-refractivity contribution in [3.05, 3.63) is 82.3 Å². The number of carbonyl (C=O) groups is 4. The fraction of sp³-hybridized carbons (Fsp3) is 0.143. The van der Waals surface area contributed by atoms with Crippen LogP contribution in [0.4, 0.5) is 11.4 Å². The van der Waals surface area contributed by atoms with Gasteiger partial charge in [0.2, 0.25) is 17.8 Å². The standard InChI is InChI=1S/C28H25Cl2N7O5/c1-42-27(41)20(26(40)37-24-21(29)11-18(12-22(24)30)16-6-3-2-4-7-16)13-33-23(38)14-34-25(39)17-8-5-9-19(10-17)36-28(32)35-15-31/h2-12,20H,13-14H2,1H3,(H,33,38)(H,34,39)(H,37,40)(H3,32,35,36)/t20-/m0/s1. The van der Waals surface area contributed by atoms with Crippen LogP contribution in [0.2, 0.25) is 10.0 Å². The van der Waals surface area contributed by atoms with Crippen molar-refractivity contribution in [2.24, 2.45) is 16.6 Å². The van der Waals surface area contributed by atoms with Gasteiger partial charge in [0.05, 0.1) is 35.1 Å². The molecule has 42 heavy (non-hydrogen) atoms. The van der Waals surface area contributed by atoms with Gasteiger partial charge >= 0.3 is 5.97 Å². The second-order valence-corrected chi connectivity index (χ2v) is 9.33. The Morgan fingerprint density at radius 3 is 2.31 bits per heavy atom. The maximum absolute atomic E-state index is 13.0. The van der Waals surface area contributed by atoms with Crippen LogP contribution in [-0.4, -0.2) is 49.8 Å². The summed E-state index contributed by atoms with van der Waals surface area (Å²) in [4.78, 5) is 54.2. The predicted molar refractivity (Wildman–Crippen MR) is 158 cm³/mol. The molecule has 0 aliphatic carbocycles. The van der Waals surface area contributed by atoms with Crippen molar-refractivity contribution in [3.63, 3.8) is 0 Å². The van der Waals surface area contributed by atoms with E-state index in [0.29, 0.717) is 5.69 Å². The third-order valence-corrected chi connectivity index (χ3v) is 6.25. The Morgan fingerprint density at radius 1 is 0.976 bits per heavy atom. The maximum Gasteiger partial charge on any atom is 0.320 e. The molecule has 0 aliphatic heterocycles. The highest BCUT2D eigenvalue weighted by Crippen LogP contribution is 2.36. The van der Waals surface area contributed by atoms with Gasteiger partial charge in [-0.25, -0.2) is 4.99 Å². The Bertz CT molecular complexity index is 1530. The van der Waals surface area contributed by atoms with Gasteiger partial charge in [0.15, 0.2) is 12.1 Å². The number of carbonyl (C=O) groups excluding carboxylic acids is 4. The molecule has 0 fully saturated rings. The van der Waals surface area contributed by atoms with Crippen LogP contribution in [0.1, 0.15) is 10.4 Å². The Hall–Kier alpha value is -5.12. The van der Waals surface area contributed by atoms with Crippen molar-refractivity contribution in [3.8, 4) is 17.3 Å². The van der Waals surface area contributed by atoms with Gasteiger partial charge in [-0.3, -0.25) is 24.5 Å². The predicted octanol–water partition coefficient (Wildman–Crippen LogP) is 2.95. The molecule has 3 aromatic carbocycles. The first-order valence-electron chi connectivity index (χ1n) is 12.2. The molecule has 216 valence electrons. The Morgan fingerprint density at radius 2 is 1.67 bits per heavy atom. The number of rotatable bonds is 10. The molecular formula is C28H25Cl2N7O5. The summed E-state index contributed by atoms with van der Waals surface area (Å²) in [5, 5.41) is 18.4. The summed E-state index contributed by atoms with van der Waals surface area (Å²) in [6.07, 6.45) is 1.62. The maximum atomic E-state index is 13.0. The van der Waals surface area contributed by atoms with E-state index in [9.17, 15) is 19.2 Å². The smallest absolute Gasteiger partial charge is 0.320 e. The molecule has 0 heterocycles. The van der Waals surface area contributed by atoms with Gasteiger partial charge in [0, 0.05) is 12.1 Å². The van der Waals surface area contributed by atoms with E-state index in [1.807, 2.05) is 30.3 Å². The van der Waals surface area contributed by atoms with Gasteiger partial charge in [-0.1, -0.05) is 59.6 Å². The van der Waals surface area contributed by atoms with Crippen LogP contribution in [0.3, 0.4) is 0 Å². The van der Waals surface area contributed by atoms with Crippen molar-refractivity contribution in [1.82, 2.24) is 16.0 Å². The number of hydrogen-bond donors (Lipinski definition) is 5. The Labute approximate surface area is 250 Å². The molecule has 1 atom stereocenters. The fourth-order valence-corrected chi connectivity index (χ4v) is 4.19. The SMILES string of the molecule is COC(=O)[C@@H](CNC(=O)CNC(=O)c1cccc(N=C(N)NC#N)c1)C(=O)Nc1c(Cl)cc(-c2ccccc2)cc1Cl. The minimum atomic E-state index is -1.45. The number of nitrogens with two attached hydrogens (primary N) is 1. The first-order chi connectivity index (χ1) is 20.1. The average molecular weight is 610 g/mol. The normalized spacial score (nSPS) is 11.4. The second kappa shape index (κ2) is 15.0. The van der Waals surface area contributed by atoms with Crippen LogP contribution < -0.4 is 27.0 Å².